The van der Waals surface area contributed by atoms with E-state index in [9.17, 15) is 9.90 Å². The molecule has 0 bridgehead atoms. The van der Waals surface area contributed by atoms with E-state index in [2.05, 4.69) is 115 Å². The summed E-state index contributed by atoms with van der Waals surface area (Å²) in [6, 6.07) is 8.87. The number of rotatable bonds is 27. The summed E-state index contributed by atoms with van der Waals surface area (Å²) in [6.07, 6.45) is 24.9. The zero-order valence-corrected chi connectivity index (χ0v) is 43.6. The van der Waals surface area contributed by atoms with Gasteiger partial charge in [0.25, 0.3) is 0 Å². The number of thioether (sulfide) groups is 1. The van der Waals surface area contributed by atoms with E-state index in [-0.39, 0.29) is 11.5 Å². The van der Waals surface area contributed by atoms with Crippen molar-refractivity contribution in [1.29, 1.82) is 0 Å². The van der Waals surface area contributed by atoms with Crippen LogP contribution in [0.25, 0.3) is 25.8 Å². The quantitative estimate of drug-likeness (QED) is 0.0774. The Labute approximate surface area is 393 Å². The maximum Gasteiger partial charge on any atom is 0.239 e. The molecule has 0 fully saturated rings. The number of allylic oxidation sites excluding steroid dienone is 2. The number of unbranched alkanes of at least 4 members (excludes halogenated alkanes) is 4. The number of aliphatic hydroxyl groups is 1. The number of ketones is 1. The predicted molar refractivity (Wildman–Crippen MR) is 279 cm³/mol. The van der Waals surface area contributed by atoms with Crippen molar-refractivity contribution in [3.05, 3.63) is 67.2 Å². The summed E-state index contributed by atoms with van der Waals surface area (Å²) in [4.78, 5) is 21.3. The molecule has 2 aliphatic rings. The molecule has 4 atom stereocenters. The number of aliphatic hydroxyl groups excluding tert-OH is 1. The molecule has 5 rings (SSSR count). The lowest BCUT2D eigenvalue weighted by Gasteiger charge is -2.31. The van der Waals surface area contributed by atoms with Crippen LogP contribution in [0.1, 0.15) is 174 Å². The van der Waals surface area contributed by atoms with Crippen molar-refractivity contribution in [3.63, 3.8) is 0 Å². The fourth-order valence-electron chi connectivity index (χ4n) is 9.22. The second-order valence-electron chi connectivity index (χ2n) is 18.4. The van der Waals surface area contributed by atoms with Gasteiger partial charge in [-0.15, -0.1) is 34.0 Å². The smallest absolute Gasteiger partial charge is 0.239 e. The van der Waals surface area contributed by atoms with E-state index >= 15 is 0 Å². The average Bonchev–Trinajstić information content (AvgIpc) is 4.10. The van der Waals surface area contributed by atoms with Gasteiger partial charge in [-0.1, -0.05) is 120 Å². The second-order valence-corrected chi connectivity index (χ2v) is 22.7. The molecule has 8 heteroatoms. The van der Waals surface area contributed by atoms with Gasteiger partial charge in [0, 0.05) is 59.6 Å². The van der Waals surface area contributed by atoms with Crippen molar-refractivity contribution in [3.8, 4) is 9.75 Å². The Morgan fingerprint density at radius 3 is 1.69 bits per heavy atom. The molecule has 62 heavy (non-hydrogen) atoms. The van der Waals surface area contributed by atoms with E-state index in [4.69, 9.17) is 0 Å². The van der Waals surface area contributed by atoms with Crippen LogP contribution >= 0.6 is 45.8 Å². The van der Waals surface area contributed by atoms with E-state index in [1.54, 1.807) is 22.7 Å². The molecule has 342 valence electrons. The van der Waals surface area contributed by atoms with Crippen LogP contribution in [0.4, 0.5) is 5.00 Å². The van der Waals surface area contributed by atoms with Crippen molar-refractivity contribution in [2.45, 2.75) is 172 Å². The van der Waals surface area contributed by atoms with Crippen molar-refractivity contribution >= 4 is 77.7 Å². The second kappa shape index (κ2) is 25.3. The number of thiophene rings is 3. The molecular formula is C54H81N2O2S4+. The van der Waals surface area contributed by atoms with Gasteiger partial charge < -0.3 is 10.0 Å². The first-order valence-electron chi connectivity index (χ1n) is 24.8. The SMILES string of the molecule is CCCCC(CC)CN(CC(CC)CCCC)c1ccc(-c2sc(C3=C(O)/C(=c4\cc(C)/c(=C5/C=CC(=[N+](CC(CC)CCCC)CC(CC)CCCC)S5)s4)C3=O)cc2C)s1. The average molecular weight is 919 g/mol. The van der Waals surface area contributed by atoms with Gasteiger partial charge in [-0.05, 0) is 117 Å². The number of nitrogens with zero attached hydrogens (tertiary/aromatic N) is 2. The van der Waals surface area contributed by atoms with Gasteiger partial charge in [-0.25, -0.2) is 4.58 Å². The van der Waals surface area contributed by atoms with E-state index < -0.39 is 0 Å². The normalized spacial score (nSPS) is 17.8. The minimum Gasteiger partial charge on any atom is -0.506 e. The van der Waals surface area contributed by atoms with Crippen LogP contribution in [0, 0.1) is 37.5 Å². The number of aryl methyl sites for hydroxylation is 2. The Morgan fingerprint density at radius 2 is 1.18 bits per heavy atom. The van der Waals surface area contributed by atoms with Crippen molar-refractivity contribution < 1.29 is 14.5 Å². The highest BCUT2D eigenvalue weighted by atomic mass is 32.2. The Morgan fingerprint density at radius 1 is 0.629 bits per heavy atom. The van der Waals surface area contributed by atoms with Gasteiger partial charge in [-0.2, -0.15) is 0 Å². The molecule has 3 aromatic heterocycles. The third-order valence-corrected chi connectivity index (χ3v) is 18.8. The summed E-state index contributed by atoms with van der Waals surface area (Å²) in [5, 5.41) is 14.4. The van der Waals surface area contributed by atoms with Crippen LogP contribution in [-0.2, 0) is 4.79 Å². The van der Waals surface area contributed by atoms with E-state index in [1.165, 1.54) is 143 Å². The third-order valence-electron chi connectivity index (χ3n) is 13.6. The van der Waals surface area contributed by atoms with E-state index in [0.29, 0.717) is 34.8 Å². The molecule has 4 nitrogen and oxygen atoms in total. The first kappa shape index (κ1) is 50.6. The molecule has 1 N–H and O–H groups in total. The number of anilines is 1. The fourth-order valence-corrected chi connectivity index (χ4v) is 14.1. The van der Waals surface area contributed by atoms with Crippen molar-refractivity contribution in [2.75, 3.05) is 31.1 Å². The number of hydrogen-bond acceptors (Lipinski definition) is 7. The maximum atomic E-state index is 14.0. The Balaban J connectivity index is 1.42. The molecule has 0 amide bonds. The minimum atomic E-state index is -0.0371. The Bertz CT molecular complexity index is 2090. The van der Waals surface area contributed by atoms with Gasteiger partial charge in [0.2, 0.25) is 10.8 Å². The van der Waals surface area contributed by atoms with Crippen LogP contribution in [0.3, 0.4) is 0 Å². The predicted octanol–water partition coefficient (Wildman–Crippen LogP) is 15.4. The first-order valence-corrected chi connectivity index (χ1v) is 28.1. The summed E-state index contributed by atoms with van der Waals surface area (Å²) < 4.78 is 4.78. The van der Waals surface area contributed by atoms with Crippen LogP contribution in [0.15, 0.2) is 42.2 Å². The number of carbonyl (C=O) groups is 1. The van der Waals surface area contributed by atoms with Gasteiger partial charge in [0.05, 0.1) is 16.1 Å². The number of carbonyl (C=O) groups excluding carboxylic acids is 1. The van der Waals surface area contributed by atoms with Gasteiger partial charge in [0.15, 0.2) is 0 Å². The standard InChI is InChI=1S/C54H80N2O2S4/c1-11-19-23-39(15-5)33-55(34-40(16-6)24-20-12-2)47-29-27-43(59-47)53-37(9)31-45(61-53)49-51(57)50(52(49)58)46-32-38(10)54(62-46)44-28-30-48(60-44)56(35-41(17-7)25-21-13-3)36-42(18-8)26-22-14-4/h27-32,39-42H,11-26,33-36H2,1-10H3/p+1. The van der Waals surface area contributed by atoms with Crippen LogP contribution in [0.5, 0.6) is 0 Å². The third kappa shape index (κ3) is 12.9. The van der Waals surface area contributed by atoms with Gasteiger partial charge >= 0.3 is 0 Å². The fraction of sp³-hybridized carbons (Fsp3) is 0.630. The topological polar surface area (TPSA) is 43.5 Å². The van der Waals surface area contributed by atoms with Gasteiger partial charge in [-0.3, -0.25) is 4.79 Å². The molecule has 4 heterocycles. The van der Waals surface area contributed by atoms with E-state index in [0.717, 1.165) is 35.6 Å². The lowest BCUT2D eigenvalue weighted by Crippen LogP contribution is -2.33. The molecule has 0 saturated heterocycles. The first-order chi connectivity index (χ1) is 30.0. The summed E-state index contributed by atoms with van der Waals surface area (Å²) in [5.74, 6) is 2.94. The Hall–Kier alpha value is -2.39. The highest BCUT2D eigenvalue weighted by molar-refractivity contribution is 8.22. The molecule has 3 aromatic rings. The van der Waals surface area contributed by atoms with Crippen molar-refractivity contribution in [1.82, 2.24) is 0 Å². The zero-order valence-electron chi connectivity index (χ0n) is 40.3. The molecule has 0 radical (unpaired) electrons. The highest BCUT2D eigenvalue weighted by Crippen LogP contribution is 2.46. The lowest BCUT2D eigenvalue weighted by molar-refractivity contribution is -0.539. The monoisotopic (exact) mass is 918 g/mol. The van der Waals surface area contributed by atoms with Crippen LogP contribution < -0.4 is 14.0 Å². The molecule has 0 aromatic carbocycles. The highest BCUT2D eigenvalue weighted by Gasteiger charge is 2.37. The number of hydrogen-bond donors (Lipinski definition) is 1. The summed E-state index contributed by atoms with van der Waals surface area (Å²) in [5.41, 5.74) is 3.28. The van der Waals surface area contributed by atoms with E-state index in [1.807, 2.05) is 23.1 Å². The largest absolute Gasteiger partial charge is 0.506 e. The molecular weight excluding hydrogens is 837 g/mol. The number of Topliss-reactive ketones (excluding diaryl/α,β-unsaturated/α-hetero) is 1. The minimum absolute atomic E-state index is 0.0371. The maximum absolute atomic E-state index is 14.0. The summed E-state index contributed by atoms with van der Waals surface area (Å²) in [7, 11) is 0. The lowest BCUT2D eigenvalue weighted by atomic mass is 9.87. The van der Waals surface area contributed by atoms with Crippen LogP contribution in [-0.4, -0.2) is 46.7 Å². The van der Waals surface area contributed by atoms with Crippen LogP contribution in [0.2, 0.25) is 0 Å². The zero-order chi connectivity index (χ0) is 44.8. The Kier molecular flexibility index (Phi) is 20.7. The summed E-state index contributed by atoms with van der Waals surface area (Å²) >= 11 is 7.11. The molecule has 1 aliphatic carbocycles. The van der Waals surface area contributed by atoms with Gasteiger partial charge in [0.1, 0.15) is 18.8 Å². The summed E-state index contributed by atoms with van der Waals surface area (Å²) in [6.45, 7) is 27.4. The van der Waals surface area contributed by atoms with Crippen molar-refractivity contribution in [2.24, 2.45) is 23.7 Å². The molecule has 0 saturated carbocycles. The molecule has 1 aliphatic heterocycles. The molecule has 0 spiro atoms. The molecule has 4 unspecified atom stereocenters.